The lowest BCUT2D eigenvalue weighted by Crippen LogP contribution is -2.42. The van der Waals surface area contributed by atoms with Crippen LogP contribution in [0.5, 0.6) is 5.75 Å². The summed E-state index contributed by atoms with van der Waals surface area (Å²) < 4.78 is 15.6. The molecule has 10 heteroatoms. The minimum Gasteiger partial charge on any atom is -0.484 e. The van der Waals surface area contributed by atoms with Gasteiger partial charge >= 0.3 is 5.97 Å². The number of β-amino-alcohol motifs (C(OH)–C–C–N with tert-alkyl or cyclic N) is 1. The minimum absolute atomic E-state index is 0.0542. The first-order valence-electron chi connectivity index (χ1n) is 9.60. The molecular formula is C20H25N3O7. The number of rotatable bonds is 8. The Kier molecular flexibility index (Phi) is 7.26. The van der Waals surface area contributed by atoms with Crippen molar-refractivity contribution in [3.63, 3.8) is 0 Å². The maximum atomic E-state index is 12.6. The number of carbonyl (C=O) groups excluding carboxylic acids is 3. The molecule has 0 aliphatic carbocycles. The lowest BCUT2D eigenvalue weighted by Gasteiger charge is -2.26. The van der Waals surface area contributed by atoms with Crippen LogP contribution in [0.15, 0.2) is 35.5 Å². The van der Waals surface area contributed by atoms with Gasteiger partial charge in [-0.3, -0.25) is 9.59 Å². The molecule has 162 valence electrons. The molecule has 2 heterocycles. The van der Waals surface area contributed by atoms with Gasteiger partial charge in [0.05, 0.1) is 39.0 Å². The van der Waals surface area contributed by atoms with Crippen LogP contribution in [-0.2, 0) is 23.9 Å². The summed E-state index contributed by atoms with van der Waals surface area (Å²) in [5, 5.41) is 12.1. The van der Waals surface area contributed by atoms with Crippen molar-refractivity contribution in [2.45, 2.75) is 0 Å². The van der Waals surface area contributed by atoms with Crippen molar-refractivity contribution in [2.24, 2.45) is 0 Å². The number of methoxy groups -OCH3 is 1. The molecule has 0 unspecified atom stereocenters. The Morgan fingerprint density at radius 1 is 1.27 bits per heavy atom. The van der Waals surface area contributed by atoms with E-state index in [9.17, 15) is 14.4 Å². The van der Waals surface area contributed by atoms with Crippen LogP contribution in [0.1, 0.15) is 0 Å². The molecule has 1 fully saturated rings. The Morgan fingerprint density at radius 2 is 2.03 bits per heavy atom. The minimum atomic E-state index is -0.616. The first-order valence-corrected chi connectivity index (χ1v) is 9.60. The Morgan fingerprint density at radius 3 is 2.73 bits per heavy atom. The molecule has 0 saturated carbocycles. The van der Waals surface area contributed by atoms with Gasteiger partial charge in [-0.15, -0.1) is 0 Å². The number of benzene rings is 1. The van der Waals surface area contributed by atoms with Crippen LogP contribution >= 0.6 is 0 Å². The molecule has 2 aliphatic heterocycles. The largest absolute Gasteiger partial charge is 0.484 e. The molecule has 0 atom stereocenters. The summed E-state index contributed by atoms with van der Waals surface area (Å²) in [6.45, 7) is 1.96. The van der Waals surface area contributed by atoms with Gasteiger partial charge in [-0.2, -0.15) is 0 Å². The van der Waals surface area contributed by atoms with Crippen molar-refractivity contribution >= 4 is 23.5 Å². The SMILES string of the molecule is COC(=O)C1=C(Nc2cccc(OCC(=O)N3CCOCC3)c2)C(=O)N(CCO)C1. The summed E-state index contributed by atoms with van der Waals surface area (Å²) in [6.07, 6.45) is 0. The van der Waals surface area contributed by atoms with E-state index >= 15 is 0 Å². The predicted molar refractivity (Wildman–Crippen MR) is 106 cm³/mol. The van der Waals surface area contributed by atoms with Gasteiger partial charge in [0.15, 0.2) is 6.61 Å². The van der Waals surface area contributed by atoms with Gasteiger partial charge in [0.25, 0.3) is 11.8 Å². The molecule has 2 aliphatic rings. The van der Waals surface area contributed by atoms with Crippen molar-refractivity contribution in [1.82, 2.24) is 9.80 Å². The lowest BCUT2D eigenvalue weighted by atomic mass is 10.2. The van der Waals surface area contributed by atoms with E-state index in [1.54, 1.807) is 29.2 Å². The highest BCUT2D eigenvalue weighted by Crippen LogP contribution is 2.25. The van der Waals surface area contributed by atoms with Gasteiger partial charge in [0.1, 0.15) is 11.4 Å². The number of morpholine rings is 1. The molecule has 2 amide bonds. The Balaban J connectivity index is 1.68. The molecule has 1 saturated heterocycles. The molecule has 1 aromatic rings. The third-order valence-electron chi connectivity index (χ3n) is 4.78. The molecule has 10 nitrogen and oxygen atoms in total. The maximum absolute atomic E-state index is 12.6. The van der Waals surface area contributed by atoms with Crippen molar-refractivity contribution in [3.8, 4) is 5.75 Å². The van der Waals surface area contributed by atoms with Crippen LogP contribution in [0.3, 0.4) is 0 Å². The van der Waals surface area contributed by atoms with Crippen molar-refractivity contribution < 1.29 is 33.7 Å². The fraction of sp³-hybridized carbons (Fsp3) is 0.450. The summed E-state index contributed by atoms with van der Waals surface area (Å²) in [4.78, 5) is 39.9. The first-order chi connectivity index (χ1) is 14.5. The van der Waals surface area contributed by atoms with E-state index in [1.807, 2.05) is 0 Å². The molecule has 0 aromatic heterocycles. The third kappa shape index (κ3) is 5.08. The highest BCUT2D eigenvalue weighted by molar-refractivity contribution is 6.08. The molecule has 2 N–H and O–H groups in total. The smallest absolute Gasteiger partial charge is 0.337 e. The molecule has 0 spiro atoms. The summed E-state index contributed by atoms with van der Waals surface area (Å²) in [5.74, 6) is -0.703. The summed E-state index contributed by atoms with van der Waals surface area (Å²) in [6, 6.07) is 6.75. The number of amides is 2. The van der Waals surface area contributed by atoms with Gasteiger partial charge in [-0.05, 0) is 12.1 Å². The average molecular weight is 419 g/mol. The monoisotopic (exact) mass is 419 g/mol. The van der Waals surface area contributed by atoms with Crippen molar-refractivity contribution in [2.75, 3.05) is 65.0 Å². The second-order valence-corrected chi connectivity index (χ2v) is 6.73. The van der Waals surface area contributed by atoms with E-state index in [0.29, 0.717) is 37.7 Å². The number of carbonyl (C=O) groups is 3. The van der Waals surface area contributed by atoms with Crippen molar-refractivity contribution in [3.05, 3.63) is 35.5 Å². The quantitative estimate of drug-likeness (QED) is 0.547. The van der Waals surface area contributed by atoms with Crippen LogP contribution in [0.25, 0.3) is 0 Å². The third-order valence-corrected chi connectivity index (χ3v) is 4.78. The maximum Gasteiger partial charge on any atom is 0.337 e. The van der Waals surface area contributed by atoms with Gasteiger partial charge < -0.3 is 34.4 Å². The van der Waals surface area contributed by atoms with Gasteiger partial charge in [0.2, 0.25) is 0 Å². The Bertz CT molecular complexity index is 833. The molecule has 1 aromatic carbocycles. The molecule has 0 radical (unpaired) electrons. The zero-order chi connectivity index (χ0) is 21.5. The molecule has 3 rings (SSSR count). The normalized spacial score (nSPS) is 16.7. The average Bonchev–Trinajstić information content (AvgIpc) is 3.08. The van der Waals surface area contributed by atoms with Gasteiger partial charge in [-0.1, -0.05) is 6.07 Å². The standard InChI is InChI=1S/C20H25N3O7/c1-28-20(27)16-12-23(5-8-24)19(26)18(16)21-14-3-2-4-15(11-14)30-13-17(25)22-6-9-29-10-7-22/h2-4,11,21,24H,5-10,12-13H2,1H3. The van der Waals surface area contributed by atoms with Crippen LogP contribution in [0.2, 0.25) is 0 Å². The van der Waals surface area contributed by atoms with Crippen LogP contribution in [0, 0.1) is 0 Å². The molecule has 30 heavy (non-hydrogen) atoms. The number of esters is 1. The molecular weight excluding hydrogens is 394 g/mol. The highest BCUT2D eigenvalue weighted by Gasteiger charge is 2.34. The van der Waals surface area contributed by atoms with E-state index in [4.69, 9.17) is 19.3 Å². The van der Waals surface area contributed by atoms with E-state index in [0.717, 1.165) is 0 Å². The fourth-order valence-corrected chi connectivity index (χ4v) is 3.21. The van der Waals surface area contributed by atoms with Crippen LogP contribution in [0.4, 0.5) is 5.69 Å². The number of ether oxygens (including phenoxy) is 3. The van der Waals surface area contributed by atoms with Gasteiger partial charge in [-0.25, -0.2) is 4.79 Å². The Labute approximate surface area is 174 Å². The van der Waals surface area contributed by atoms with Crippen LogP contribution < -0.4 is 10.1 Å². The zero-order valence-corrected chi connectivity index (χ0v) is 16.8. The van der Waals surface area contributed by atoms with E-state index < -0.39 is 11.9 Å². The number of nitrogens with one attached hydrogen (secondary N) is 1. The summed E-state index contributed by atoms with van der Waals surface area (Å²) in [7, 11) is 1.24. The number of aliphatic hydroxyl groups excluding tert-OH is 1. The predicted octanol–water partition coefficient (Wildman–Crippen LogP) is -0.402. The fourth-order valence-electron chi connectivity index (χ4n) is 3.21. The number of hydrogen-bond donors (Lipinski definition) is 2. The zero-order valence-electron chi connectivity index (χ0n) is 16.8. The second kappa shape index (κ2) is 10.1. The van der Waals surface area contributed by atoms with Crippen molar-refractivity contribution in [1.29, 1.82) is 0 Å². The van der Waals surface area contributed by atoms with E-state index in [1.165, 1.54) is 12.0 Å². The first kappa shape index (κ1) is 21.6. The van der Waals surface area contributed by atoms with Crippen LogP contribution in [-0.4, -0.2) is 92.4 Å². The summed E-state index contributed by atoms with van der Waals surface area (Å²) in [5.41, 5.74) is 0.795. The number of nitrogens with zero attached hydrogens (tertiary/aromatic N) is 2. The number of hydrogen-bond acceptors (Lipinski definition) is 8. The second-order valence-electron chi connectivity index (χ2n) is 6.73. The van der Waals surface area contributed by atoms with Gasteiger partial charge in [0, 0.05) is 31.4 Å². The highest BCUT2D eigenvalue weighted by atomic mass is 16.5. The number of anilines is 1. The Hall–Kier alpha value is -3.11. The molecule has 0 bridgehead atoms. The van der Waals surface area contributed by atoms with E-state index in [2.05, 4.69) is 5.32 Å². The topological polar surface area (TPSA) is 118 Å². The lowest BCUT2D eigenvalue weighted by molar-refractivity contribution is -0.137. The van der Waals surface area contributed by atoms with E-state index in [-0.39, 0.29) is 43.5 Å². The number of aliphatic hydroxyl groups is 1. The summed E-state index contributed by atoms with van der Waals surface area (Å²) >= 11 is 0.